The highest BCUT2D eigenvalue weighted by molar-refractivity contribution is 5.90. The minimum absolute atomic E-state index is 0.138. The molecule has 2 aromatic carbocycles. The summed E-state index contributed by atoms with van der Waals surface area (Å²) < 4.78 is 31.7. The summed E-state index contributed by atoms with van der Waals surface area (Å²) in [5, 5.41) is 0. The van der Waals surface area contributed by atoms with Gasteiger partial charge in [-0.05, 0) is 24.5 Å². The molecule has 3 nitrogen and oxygen atoms in total. The van der Waals surface area contributed by atoms with Gasteiger partial charge in [0, 0.05) is 6.07 Å². The number of esters is 1. The first kappa shape index (κ1) is 15.0. The first-order valence-corrected chi connectivity index (χ1v) is 6.53. The van der Waals surface area contributed by atoms with Gasteiger partial charge in [-0.2, -0.15) is 0 Å². The van der Waals surface area contributed by atoms with Gasteiger partial charge >= 0.3 is 5.97 Å². The van der Waals surface area contributed by atoms with Crippen LogP contribution in [0.4, 0.5) is 14.5 Å². The summed E-state index contributed by atoms with van der Waals surface area (Å²) in [6.45, 7) is 0.138. The molecule has 0 aliphatic carbocycles. The fraction of sp³-hybridized carbons (Fsp3) is 0.188. The second-order valence-corrected chi connectivity index (χ2v) is 4.58. The molecule has 0 spiro atoms. The Morgan fingerprint density at radius 3 is 2.52 bits per heavy atom. The van der Waals surface area contributed by atoms with Crippen LogP contribution in [0.5, 0.6) is 0 Å². The van der Waals surface area contributed by atoms with Crippen LogP contribution in [-0.4, -0.2) is 12.6 Å². The minimum atomic E-state index is -0.889. The number of rotatable bonds is 5. The average molecular weight is 291 g/mol. The van der Waals surface area contributed by atoms with Crippen LogP contribution in [0.3, 0.4) is 0 Å². The molecule has 2 aromatic rings. The van der Waals surface area contributed by atoms with Crippen LogP contribution in [-0.2, 0) is 11.2 Å². The number of carbonyl (C=O) groups is 1. The predicted molar refractivity (Wildman–Crippen MR) is 75.8 cm³/mol. The molecule has 0 aromatic heterocycles. The SMILES string of the molecule is Nc1cc(F)c(C(=O)OCCCc2ccccc2)cc1F. The number of hydrogen-bond acceptors (Lipinski definition) is 3. The lowest BCUT2D eigenvalue weighted by Crippen LogP contribution is -2.10. The fourth-order valence-electron chi connectivity index (χ4n) is 1.88. The largest absolute Gasteiger partial charge is 0.462 e. The van der Waals surface area contributed by atoms with E-state index in [1.807, 2.05) is 30.3 Å². The number of carbonyl (C=O) groups excluding carboxylic acids is 1. The lowest BCUT2D eigenvalue weighted by Gasteiger charge is -2.07. The highest BCUT2D eigenvalue weighted by Crippen LogP contribution is 2.17. The summed E-state index contributed by atoms with van der Waals surface area (Å²) in [4.78, 5) is 11.7. The van der Waals surface area contributed by atoms with Gasteiger partial charge in [-0.3, -0.25) is 0 Å². The highest BCUT2D eigenvalue weighted by Gasteiger charge is 2.16. The average Bonchev–Trinajstić information content (AvgIpc) is 2.48. The first-order chi connectivity index (χ1) is 10.1. The van der Waals surface area contributed by atoms with Crippen molar-refractivity contribution in [2.75, 3.05) is 12.3 Å². The molecule has 2 rings (SSSR count). The molecule has 0 heterocycles. The molecule has 0 amide bonds. The van der Waals surface area contributed by atoms with Crippen molar-refractivity contribution in [1.82, 2.24) is 0 Å². The minimum Gasteiger partial charge on any atom is -0.462 e. The summed E-state index contributed by atoms with van der Waals surface area (Å²) in [6, 6.07) is 11.2. The highest BCUT2D eigenvalue weighted by atomic mass is 19.1. The van der Waals surface area contributed by atoms with Crippen molar-refractivity contribution in [3.8, 4) is 0 Å². The molecule has 0 saturated heterocycles. The van der Waals surface area contributed by atoms with Gasteiger partial charge in [0.25, 0.3) is 0 Å². The summed E-state index contributed by atoms with van der Waals surface area (Å²) in [5.74, 6) is -2.62. The molecule has 110 valence electrons. The van der Waals surface area contributed by atoms with E-state index in [9.17, 15) is 13.6 Å². The Hall–Kier alpha value is -2.43. The maximum atomic E-state index is 13.5. The van der Waals surface area contributed by atoms with Gasteiger partial charge < -0.3 is 10.5 Å². The van der Waals surface area contributed by atoms with Crippen LogP contribution in [0.1, 0.15) is 22.3 Å². The zero-order chi connectivity index (χ0) is 15.2. The van der Waals surface area contributed by atoms with E-state index < -0.39 is 23.2 Å². The predicted octanol–water partition coefficient (Wildman–Crippen LogP) is 3.34. The van der Waals surface area contributed by atoms with E-state index in [-0.39, 0.29) is 12.3 Å². The standard InChI is InChI=1S/C16H15F2NO2/c17-13-10-15(19)14(18)9-12(13)16(20)21-8-4-7-11-5-2-1-3-6-11/h1-3,5-6,9-10H,4,7-8,19H2. The number of nitrogen functional groups attached to an aromatic ring is 1. The number of aryl methyl sites for hydroxylation is 1. The summed E-state index contributed by atoms with van der Waals surface area (Å²) in [7, 11) is 0. The second kappa shape index (κ2) is 6.83. The van der Waals surface area contributed by atoms with Crippen molar-refractivity contribution in [1.29, 1.82) is 0 Å². The molecule has 0 unspecified atom stereocenters. The van der Waals surface area contributed by atoms with Crippen molar-refractivity contribution in [2.45, 2.75) is 12.8 Å². The van der Waals surface area contributed by atoms with Gasteiger partial charge in [0.05, 0.1) is 17.9 Å². The molecule has 2 N–H and O–H groups in total. The van der Waals surface area contributed by atoms with Crippen molar-refractivity contribution >= 4 is 11.7 Å². The van der Waals surface area contributed by atoms with Crippen molar-refractivity contribution < 1.29 is 18.3 Å². The zero-order valence-corrected chi connectivity index (χ0v) is 11.3. The molecule has 0 bridgehead atoms. The fourth-order valence-corrected chi connectivity index (χ4v) is 1.88. The lowest BCUT2D eigenvalue weighted by atomic mass is 10.1. The number of hydrogen-bond donors (Lipinski definition) is 1. The molecular weight excluding hydrogens is 276 g/mol. The Morgan fingerprint density at radius 2 is 1.81 bits per heavy atom. The molecule has 0 radical (unpaired) electrons. The van der Waals surface area contributed by atoms with E-state index in [0.29, 0.717) is 6.42 Å². The van der Waals surface area contributed by atoms with Gasteiger partial charge in [0.1, 0.15) is 11.6 Å². The van der Waals surface area contributed by atoms with Gasteiger partial charge in [0.15, 0.2) is 0 Å². The number of anilines is 1. The monoisotopic (exact) mass is 291 g/mol. The van der Waals surface area contributed by atoms with Crippen LogP contribution < -0.4 is 5.73 Å². The third kappa shape index (κ3) is 4.02. The van der Waals surface area contributed by atoms with E-state index in [1.165, 1.54) is 0 Å². The number of ether oxygens (including phenoxy) is 1. The Labute approximate surface area is 121 Å². The second-order valence-electron chi connectivity index (χ2n) is 4.58. The smallest absolute Gasteiger partial charge is 0.341 e. The van der Waals surface area contributed by atoms with Crippen LogP contribution >= 0.6 is 0 Å². The third-order valence-corrected chi connectivity index (χ3v) is 2.99. The molecule has 5 heteroatoms. The van der Waals surface area contributed by atoms with Crippen LogP contribution in [0.15, 0.2) is 42.5 Å². The van der Waals surface area contributed by atoms with E-state index in [4.69, 9.17) is 10.5 Å². The normalized spacial score (nSPS) is 10.4. The Kier molecular flexibility index (Phi) is 4.87. The van der Waals surface area contributed by atoms with E-state index in [0.717, 1.165) is 24.1 Å². The van der Waals surface area contributed by atoms with Gasteiger partial charge in [-0.1, -0.05) is 30.3 Å². The topological polar surface area (TPSA) is 52.3 Å². The Bertz CT molecular complexity index is 630. The number of benzene rings is 2. The summed E-state index contributed by atoms with van der Waals surface area (Å²) in [6.07, 6.45) is 1.35. The van der Waals surface area contributed by atoms with Gasteiger partial charge in [-0.25, -0.2) is 13.6 Å². The van der Waals surface area contributed by atoms with Gasteiger partial charge in [-0.15, -0.1) is 0 Å². The van der Waals surface area contributed by atoms with Crippen molar-refractivity contribution in [3.05, 3.63) is 65.2 Å². The molecular formula is C16H15F2NO2. The first-order valence-electron chi connectivity index (χ1n) is 6.53. The quantitative estimate of drug-likeness (QED) is 0.522. The summed E-state index contributed by atoms with van der Waals surface area (Å²) >= 11 is 0. The maximum Gasteiger partial charge on any atom is 0.341 e. The van der Waals surface area contributed by atoms with Gasteiger partial charge in [0.2, 0.25) is 0 Å². The van der Waals surface area contributed by atoms with Crippen molar-refractivity contribution in [2.24, 2.45) is 0 Å². The lowest BCUT2D eigenvalue weighted by molar-refractivity contribution is 0.0495. The molecule has 0 saturated carbocycles. The van der Waals surface area contributed by atoms with E-state index in [1.54, 1.807) is 0 Å². The van der Waals surface area contributed by atoms with E-state index in [2.05, 4.69) is 0 Å². The van der Waals surface area contributed by atoms with Crippen molar-refractivity contribution in [3.63, 3.8) is 0 Å². The van der Waals surface area contributed by atoms with E-state index >= 15 is 0 Å². The summed E-state index contributed by atoms with van der Waals surface area (Å²) in [5.41, 5.74) is 5.55. The van der Waals surface area contributed by atoms with Crippen LogP contribution in [0.2, 0.25) is 0 Å². The third-order valence-electron chi connectivity index (χ3n) is 2.99. The molecule has 0 aliphatic rings. The van der Waals surface area contributed by atoms with Crippen LogP contribution in [0.25, 0.3) is 0 Å². The zero-order valence-electron chi connectivity index (χ0n) is 11.3. The molecule has 0 aliphatic heterocycles. The Balaban J connectivity index is 1.86. The molecule has 0 atom stereocenters. The Morgan fingerprint density at radius 1 is 1.10 bits per heavy atom. The molecule has 0 fully saturated rings. The molecule has 21 heavy (non-hydrogen) atoms. The van der Waals surface area contributed by atoms with Crippen LogP contribution in [0, 0.1) is 11.6 Å². The maximum absolute atomic E-state index is 13.5. The number of nitrogens with two attached hydrogens (primary N) is 1. The number of halogens is 2.